The summed E-state index contributed by atoms with van der Waals surface area (Å²) in [4.78, 5) is 45.6. The predicted molar refractivity (Wildman–Crippen MR) is 258 cm³/mol. The van der Waals surface area contributed by atoms with Crippen LogP contribution in [0.2, 0.25) is 0 Å². The number of carbonyl (C=O) groups excluding carboxylic acids is 3. The molecule has 10 N–H and O–H groups in total. The minimum atomic E-state index is -1.76. The van der Waals surface area contributed by atoms with Crippen LogP contribution in [0.4, 0.5) is 0 Å². The molecule has 0 bridgehead atoms. The van der Waals surface area contributed by atoms with Crippen molar-refractivity contribution in [3.8, 4) is 11.8 Å². The third-order valence-electron chi connectivity index (χ3n) is 20.5. The second-order valence-electron chi connectivity index (χ2n) is 24.2. The van der Waals surface area contributed by atoms with Crippen LogP contribution in [-0.2, 0) is 19.1 Å². The molecule has 0 aromatic rings. The number of nitrogens with one attached hydrogen (secondary N) is 1. The van der Waals surface area contributed by atoms with Crippen LogP contribution in [0.15, 0.2) is 27.9 Å². The Morgan fingerprint density at radius 1 is 0.941 bits per heavy atom. The molecule has 13 heteroatoms. The lowest BCUT2D eigenvalue weighted by Crippen LogP contribution is -2.67. The number of cyclic esters (lactones) is 1. The Balaban J connectivity index is 1.22. The van der Waals surface area contributed by atoms with Gasteiger partial charge >= 0.3 is 5.97 Å². The summed E-state index contributed by atoms with van der Waals surface area (Å²) in [6, 6.07) is 0. The molecular formula is C55H82N4O9. The Morgan fingerprint density at radius 2 is 1.71 bits per heavy atom. The summed E-state index contributed by atoms with van der Waals surface area (Å²) in [5.74, 6) is 5.83. The largest absolute Gasteiger partial charge is 0.465 e. The fourth-order valence-electron chi connectivity index (χ4n) is 17.6. The van der Waals surface area contributed by atoms with Gasteiger partial charge in [0.1, 0.15) is 5.78 Å². The van der Waals surface area contributed by atoms with E-state index < -0.39 is 58.1 Å². The number of nitrogens with zero attached hydrogens (tertiary/aromatic N) is 1. The maximum Gasteiger partial charge on any atom is 0.306 e. The molecule has 8 aliphatic carbocycles. The molecule has 376 valence electrons. The molecule has 0 radical (unpaired) electrons. The van der Waals surface area contributed by atoms with Gasteiger partial charge in [-0.05, 0) is 162 Å². The number of ketones is 2. The average Bonchev–Trinajstić information content (AvgIpc) is 3.84. The van der Waals surface area contributed by atoms with Crippen LogP contribution < -0.4 is 16.8 Å². The Kier molecular flexibility index (Phi) is 13.9. The molecule has 18 unspecified atom stereocenters. The van der Waals surface area contributed by atoms with Gasteiger partial charge in [0.15, 0.2) is 11.7 Å². The number of Topliss-reactive ketones (excluding diaryl/α,β-unsaturated/α-hetero) is 2. The molecule has 13 nitrogen and oxygen atoms in total. The lowest BCUT2D eigenvalue weighted by atomic mass is 9.40. The molecule has 0 spiro atoms. The van der Waals surface area contributed by atoms with Crippen molar-refractivity contribution < 1.29 is 44.7 Å². The van der Waals surface area contributed by atoms with Crippen LogP contribution >= 0.6 is 0 Å². The molecule has 18 atom stereocenters. The number of ether oxygens (including phenoxy) is 1. The standard InChI is InChI=1S/C55H82N4O9/c1-30-13-14-33-15-16-38-31(2)22-45(63)52(4,66)50-35(10-8-9-34(23-40(38)39(33)21-30)36-24-46(64)68-29-36)26-55(67)47-41(17-18-53(50,55)19-20-58-51(56)57)54(37-11-6-5-7-12-37)27-44(62)43(61)25-42(54)49(65)48(47)59-28-32(3)60/h15,30-31,34-45,50,59,61-63,66-67H,5-7,10-14,16-29H2,1-4H3,(H4,56,57,58). The molecule has 0 aromatic heterocycles. The van der Waals surface area contributed by atoms with E-state index in [-0.39, 0.29) is 110 Å². The van der Waals surface area contributed by atoms with Gasteiger partial charge in [0, 0.05) is 42.1 Å². The topological polar surface area (TPSA) is 238 Å². The maximum absolute atomic E-state index is 15.6. The van der Waals surface area contributed by atoms with Gasteiger partial charge in [-0.2, -0.15) is 0 Å². The highest BCUT2D eigenvalue weighted by molar-refractivity contribution is 6.00. The summed E-state index contributed by atoms with van der Waals surface area (Å²) in [6.45, 7) is 8.09. The quantitative estimate of drug-likeness (QED) is 0.0513. The van der Waals surface area contributed by atoms with Crippen LogP contribution in [0, 0.1) is 93.7 Å². The van der Waals surface area contributed by atoms with Gasteiger partial charge < -0.3 is 47.1 Å². The number of hydrogen-bond donors (Lipinski definition) is 8. The average molecular weight is 943 g/mol. The molecule has 1 heterocycles. The van der Waals surface area contributed by atoms with Gasteiger partial charge in [0.25, 0.3) is 0 Å². The van der Waals surface area contributed by atoms with E-state index in [4.69, 9.17) is 16.2 Å². The number of aliphatic imine (C=N–C) groups is 1. The van der Waals surface area contributed by atoms with E-state index in [0.29, 0.717) is 55.6 Å². The molecule has 68 heavy (non-hydrogen) atoms. The van der Waals surface area contributed by atoms with Crippen molar-refractivity contribution in [3.63, 3.8) is 0 Å². The van der Waals surface area contributed by atoms with Crippen LogP contribution in [0.25, 0.3) is 0 Å². The summed E-state index contributed by atoms with van der Waals surface area (Å²) in [6.07, 6.45) is 11.6. The van der Waals surface area contributed by atoms with Gasteiger partial charge in [-0.3, -0.25) is 19.4 Å². The fourth-order valence-corrected chi connectivity index (χ4v) is 17.6. The van der Waals surface area contributed by atoms with E-state index >= 15 is 4.79 Å². The van der Waals surface area contributed by atoms with Crippen molar-refractivity contribution in [3.05, 3.63) is 22.9 Å². The summed E-state index contributed by atoms with van der Waals surface area (Å²) in [7, 11) is 0. The maximum atomic E-state index is 15.6. The number of carbonyl (C=O) groups is 3. The predicted octanol–water partition coefficient (Wildman–Crippen LogP) is 5.24. The molecule has 5 saturated carbocycles. The number of nitrogens with two attached hydrogens (primary N) is 2. The van der Waals surface area contributed by atoms with Crippen molar-refractivity contribution in [2.45, 2.75) is 179 Å². The molecule has 1 saturated heterocycles. The van der Waals surface area contributed by atoms with E-state index in [1.807, 2.05) is 0 Å². The molecule has 6 fully saturated rings. The van der Waals surface area contributed by atoms with Gasteiger partial charge in [0.05, 0.1) is 54.8 Å². The van der Waals surface area contributed by atoms with Crippen LogP contribution in [0.5, 0.6) is 0 Å². The summed E-state index contributed by atoms with van der Waals surface area (Å²) in [5.41, 5.74) is 8.84. The number of hydrogen-bond acceptors (Lipinski definition) is 11. The van der Waals surface area contributed by atoms with Gasteiger partial charge in [-0.25, -0.2) is 0 Å². The summed E-state index contributed by atoms with van der Waals surface area (Å²) >= 11 is 0. The zero-order chi connectivity index (χ0) is 48.5. The third-order valence-corrected chi connectivity index (χ3v) is 20.5. The second kappa shape index (κ2) is 19.0. The van der Waals surface area contributed by atoms with Crippen molar-refractivity contribution >= 4 is 23.5 Å². The minimum absolute atomic E-state index is 0.0146. The van der Waals surface area contributed by atoms with E-state index in [2.05, 4.69) is 42.1 Å². The van der Waals surface area contributed by atoms with Gasteiger partial charge in [-0.15, -0.1) is 5.92 Å². The normalized spacial score (nSPS) is 46.2. The van der Waals surface area contributed by atoms with E-state index in [9.17, 15) is 35.1 Å². The number of aliphatic hydroxyl groups is 5. The third kappa shape index (κ3) is 8.39. The molecule has 0 amide bonds. The highest BCUT2D eigenvalue weighted by Crippen LogP contribution is 2.74. The monoisotopic (exact) mass is 943 g/mol. The lowest BCUT2D eigenvalue weighted by Gasteiger charge is -2.65. The van der Waals surface area contributed by atoms with Crippen molar-refractivity contribution in [2.24, 2.45) is 98.3 Å². The second-order valence-corrected chi connectivity index (χ2v) is 24.2. The van der Waals surface area contributed by atoms with Gasteiger partial charge in [0.2, 0.25) is 0 Å². The first-order valence-corrected chi connectivity index (χ1v) is 26.7. The van der Waals surface area contributed by atoms with Crippen LogP contribution in [-0.4, -0.2) is 98.2 Å². The number of rotatable bonds is 8. The number of guanidine groups is 1. The Bertz CT molecular complexity index is 2120. The summed E-state index contributed by atoms with van der Waals surface area (Å²) in [5, 5.41) is 67.1. The molecular weight excluding hydrogens is 861 g/mol. The fraction of sp³-hybridized carbons (Fsp3) is 0.818. The first-order valence-electron chi connectivity index (χ1n) is 26.7. The molecule has 1 aliphatic heterocycles. The van der Waals surface area contributed by atoms with Crippen LogP contribution in [0.1, 0.15) is 150 Å². The van der Waals surface area contributed by atoms with Gasteiger partial charge in [-0.1, -0.05) is 50.7 Å². The molecule has 9 aliphatic rings. The minimum Gasteiger partial charge on any atom is -0.465 e. The smallest absolute Gasteiger partial charge is 0.306 e. The molecule has 9 rings (SSSR count). The first-order chi connectivity index (χ1) is 32.3. The zero-order valence-corrected chi connectivity index (χ0v) is 41.3. The Labute approximate surface area is 404 Å². The Hall–Kier alpha value is -3.28. The van der Waals surface area contributed by atoms with E-state index in [0.717, 1.165) is 57.8 Å². The number of esters is 1. The highest BCUT2D eigenvalue weighted by atomic mass is 16.5. The van der Waals surface area contributed by atoms with Crippen LogP contribution in [0.3, 0.4) is 0 Å². The summed E-state index contributed by atoms with van der Waals surface area (Å²) < 4.78 is 5.62. The lowest BCUT2D eigenvalue weighted by molar-refractivity contribution is -0.198. The van der Waals surface area contributed by atoms with E-state index in [1.54, 1.807) is 6.92 Å². The number of fused-ring (bicyclic) bond motifs is 10. The highest BCUT2D eigenvalue weighted by Gasteiger charge is 2.75. The van der Waals surface area contributed by atoms with Crippen molar-refractivity contribution in [1.82, 2.24) is 5.32 Å². The van der Waals surface area contributed by atoms with E-state index in [1.165, 1.54) is 18.9 Å². The Morgan fingerprint density at radius 3 is 2.41 bits per heavy atom. The number of allylic oxidation sites excluding steroid dienone is 3. The van der Waals surface area contributed by atoms with Crippen molar-refractivity contribution in [1.29, 1.82) is 0 Å². The van der Waals surface area contributed by atoms with Crippen molar-refractivity contribution in [2.75, 3.05) is 19.7 Å². The number of aliphatic hydroxyl groups excluding tert-OH is 3. The SMILES string of the molecule is CC(=O)CNC1=C2C(CCC3(CCN=C(N)N)C4C(CC#CC(C5COC(=O)C5)CC5C6CC(C)CCC6=CCC5C(C)CC(O)C4(C)O)CC23O)C2(C3CCCCC3)CC(O)C(O)CC2C1=O. The molecule has 0 aromatic carbocycles. The zero-order valence-electron chi connectivity index (χ0n) is 41.3. The first kappa shape index (κ1) is 49.7.